The number of aromatic amines is 1. The number of ether oxygens (including phenoxy) is 1. The Morgan fingerprint density at radius 1 is 1.15 bits per heavy atom. The van der Waals surface area contributed by atoms with E-state index in [4.69, 9.17) is 4.74 Å². The third-order valence-electron chi connectivity index (χ3n) is 5.81. The summed E-state index contributed by atoms with van der Waals surface area (Å²) < 4.78 is 5.75. The zero-order valence-electron chi connectivity index (χ0n) is 18.8. The van der Waals surface area contributed by atoms with E-state index in [1.165, 1.54) is 6.33 Å². The van der Waals surface area contributed by atoms with Crippen LogP contribution in [0, 0.1) is 6.92 Å². The molecule has 4 rings (SSSR count). The summed E-state index contributed by atoms with van der Waals surface area (Å²) in [7, 11) is 1.90. The van der Waals surface area contributed by atoms with Crippen LogP contribution in [0.25, 0.3) is 11.4 Å². The molecular weight excluding hydrogens is 420 g/mol. The van der Waals surface area contributed by atoms with Gasteiger partial charge in [-0.3, -0.25) is 19.6 Å². The summed E-state index contributed by atoms with van der Waals surface area (Å²) in [6.45, 7) is 4.29. The molecule has 1 aliphatic rings. The number of hydrogen-bond acceptors (Lipinski definition) is 6. The largest absolute Gasteiger partial charge is 0.491 e. The number of para-hydroxylation sites is 1. The SMILES string of the molecule is Cc1ccccc1OCCNC(=O)C1CN(C(=O)c2ccc(-c3ncn[nH]3)cc2)CCN1C. The molecule has 0 aliphatic carbocycles. The maximum absolute atomic E-state index is 13.0. The van der Waals surface area contributed by atoms with E-state index in [0.29, 0.717) is 44.2 Å². The first kappa shape index (κ1) is 22.5. The molecule has 9 nitrogen and oxygen atoms in total. The van der Waals surface area contributed by atoms with Crippen molar-refractivity contribution in [3.8, 4) is 17.1 Å². The molecule has 1 unspecified atom stereocenters. The standard InChI is InChI=1S/C24H28N6O3/c1-17-5-3-4-6-21(17)33-14-11-25-23(31)20-15-30(13-12-29(20)2)24(32)19-9-7-18(8-10-19)22-26-16-27-28-22/h3-10,16,20H,11-15H2,1-2H3,(H,25,31)(H,26,27,28). The lowest BCUT2D eigenvalue weighted by Crippen LogP contribution is -2.59. The van der Waals surface area contributed by atoms with Gasteiger partial charge in [0.2, 0.25) is 5.91 Å². The number of amides is 2. The van der Waals surface area contributed by atoms with E-state index in [1.807, 2.05) is 55.3 Å². The monoisotopic (exact) mass is 448 g/mol. The van der Waals surface area contributed by atoms with Gasteiger partial charge >= 0.3 is 0 Å². The van der Waals surface area contributed by atoms with Crippen molar-refractivity contribution in [2.24, 2.45) is 0 Å². The number of carbonyl (C=O) groups is 2. The van der Waals surface area contributed by atoms with Crippen molar-refractivity contribution in [3.05, 3.63) is 66.0 Å². The van der Waals surface area contributed by atoms with Gasteiger partial charge in [0.05, 0.1) is 6.54 Å². The first-order valence-electron chi connectivity index (χ1n) is 10.9. The zero-order valence-corrected chi connectivity index (χ0v) is 18.8. The second-order valence-corrected chi connectivity index (χ2v) is 8.06. The van der Waals surface area contributed by atoms with Crippen LogP contribution in [0.5, 0.6) is 5.75 Å². The highest BCUT2D eigenvalue weighted by Crippen LogP contribution is 2.18. The lowest BCUT2D eigenvalue weighted by molar-refractivity contribution is -0.127. The Morgan fingerprint density at radius 3 is 2.67 bits per heavy atom. The molecular formula is C24H28N6O3. The van der Waals surface area contributed by atoms with Gasteiger partial charge in [-0.2, -0.15) is 5.10 Å². The van der Waals surface area contributed by atoms with E-state index in [-0.39, 0.29) is 11.8 Å². The van der Waals surface area contributed by atoms with Crippen LogP contribution in [0.15, 0.2) is 54.9 Å². The summed E-state index contributed by atoms with van der Waals surface area (Å²) in [5.41, 5.74) is 2.49. The van der Waals surface area contributed by atoms with E-state index >= 15 is 0 Å². The molecule has 3 aromatic rings. The Hall–Kier alpha value is -3.72. The molecule has 2 heterocycles. The number of hydrogen-bond donors (Lipinski definition) is 2. The van der Waals surface area contributed by atoms with Crippen molar-refractivity contribution < 1.29 is 14.3 Å². The quantitative estimate of drug-likeness (QED) is 0.534. The molecule has 33 heavy (non-hydrogen) atoms. The predicted octanol–water partition coefficient (Wildman–Crippen LogP) is 1.73. The number of nitrogens with one attached hydrogen (secondary N) is 2. The van der Waals surface area contributed by atoms with Crippen LogP contribution in [0.1, 0.15) is 15.9 Å². The number of aromatic nitrogens is 3. The number of carbonyl (C=O) groups excluding carboxylic acids is 2. The van der Waals surface area contributed by atoms with Crippen molar-refractivity contribution in [1.29, 1.82) is 0 Å². The molecule has 0 bridgehead atoms. The third-order valence-corrected chi connectivity index (χ3v) is 5.81. The van der Waals surface area contributed by atoms with Crippen molar-refractivity contribution in [2.45, 2.75) is 13.0 Å². The van der Waals surface area contributed by atoms with Crippen LogP contribution < -0.4 is 10.1 Å². The number of piperazine rings is 1. The molecule has 2 aromatic carbocycles. The van der Waals surface area contributed by atoms with Gasteiger partial charge in [-0.25, -0.2) is 4.98 Å². The Kier molecular flexibility index (Phi) is 6.99. The fraction of sp³-hybridized carbons (Fsp3) is 0.333. The van der Waals surface area contributed by atoms with Crippen LogP contribution in [-0.2, 0) is 4.79 Å². The summed E-state index contributed by atoms with van der Waals surface area (Å²) in [6, 6.07) is 14.6. The molecule has 1 aromatic heterocycles. The van der Waals surface area contributed by atoms with E-state index in [1.54, 1.807) is 17.0 Å². The predicted molar refractivity (Wildman–Crippen MR) is 124 cm³/mol. The molecule has 1 fully saturated rings. The highest BCUT2D eigenvalue weighted by atomic mass is 16.5. The van der Waals surface area contributed by atoms with Crippen LogP contribution in [0.4, 0.5) is 0 Å². The highest BCUT2D eigenvalue weighted by Gasteiger charge is 2.32. The molecule has 1 atom stereocenters. The molecule has 0 spiro atoms. The molecule has 2 amide bonds. The first-order chi connectivity index (χ1) is 16.0. The van der Waals surface area contributed by atoms with E-state index in [2.05, 4.69) is 20.5 Å². The molecule has 1 saturated heterocycles. The minimum atomic E-state index is -0.408. The summed E-state index contributed by atoms with van der Waals surface area (Å²) in [4.78, 5) is 33.7. The summed E-state index contributed by atoms with van der Waals surface area (Å²) in [5, 5.41) is 9.59. The average molecular weight is 449 g/mol. The van der Waals surface area contributed by atoms with Gasteiger partial charge in [0.15, 0.2) is 5.82 Å². The van der Waals surface area contributed by atoms with Crippen LogP contribution in [0.2, 0.25) is 0 Å². The summed E-state index contributed by atoms with van der Waals surface area (Å²) >= 11 is 0. The maximum atomic E-state index is 13.0. The van der Waals surface area contributed by atoms with E-state index in [0.717, 1.165) is 16.9 Å². The Morgan fingerprint density at radius 2 is 1.94 bits per heavy atom. The topological polar surface area (TPSA) is 103 Å². The maximum Gasteiger partial charge on any atom is 0.253 e. The van der Waals surface area contributed by atoms with Gasteiger partial charge < -0.3 is 15.0 Å². The van der Waals surface area contributed by atoms with Crippen molar-refractivity contribution >= 4 is 11.8 Å². The van der Waals surface area contributed by atoms with Gasteiger partial charge in [-0.1, -0.05) is 30.3 Å². The first-order valence-corrected chi connectivity index (χ1v) is 10.9. The van der Waals surface area contributed by atoms with E-state index < -0.39 is 6.04 Å². The number of nitrogens with zero attached hydrogens (tertiary/aromatic N) is 4. The Labute approximate surface area is 192 Å². The number of H-pyrrole nitrogens is 1. The Bertz CT molecular complexity index is 1080. The van der Waals surface area contributed by atoms with Crippen molar-refractivity contribution in [2.75, 3.05) is 39.8 Å². The summed E-state index contributed by atoms with van der Waals surface area (Å²) in [6.07, 6.45) is 1.44. The molecule has 9 heteroatoms. The second-order valence-electron chi connectivity index (χ2n) is 8.06. The van der Waals surface area contributed by atoms with Gasteiger partial charge in [0.25, 0.3) is 5.91 Å². The number of likely N-dealkylation sites (N-methyl/N-ethyl adjacent to an activating group) is 1. The van der Waals surface area contributed by atoms with Crippen LogP contribution in [-0.4, -0.2) is 82.7 Å². The van der Waals surface area contributed by atoms with E-state index in [9.17, 15) is 9.59 Å². The normalized spacial score (nSPS) is 16.4. The lowest BCUT2D eigenvalue weighted by Gasteiger charge is -2.38. The summed E-state index contributed by atoms with van der Waals surface area (Å²) in [5.74, 6) is 1.27. The highest BCUT2D eigenvalue weighted by molar-refractivity contribution is 5.95. The zero-order chi connectivity index (χ0) is 23.2. The Balaban J connectivity index is 1.31. The molecule has 1 aliphatic heterocycles. The molecule has 172 valence electrons. The molecule has 0 radical (unpaired) electrons. The van der Waals surface area contributed by atoms with Gasteiger partial charge in [0.1, 0.15) is 24.7 Å². The number of aryl methyl sites for hydroxylation is 1. The third kappa shape index (κ3) is 5.38. The average Bonchev–Trinajstić information content (AvgIpc) is 3.38. The fourth-order valence-corrected chi connectivity index (χ4v) is 3.81. The van der Waals surface area contributed by atoms with Gasteiger partial charge in [-0.05, 0) is 37.7 Å². The second kappa shape index (κ2) is 10.3. The van der Waals surface area contributed by atoms with Gasteiger partial charge in [-0.15, -0.1) is 0 Å². The minimum Gasteiger partial charge on any atom is -0.491 e. The number of rotatable bonds is 7. The number of benzene rings is 2. The smallest absolute Gasteiger partial charge is 0.253 e. The molecule has 2 N–H and O–H groups in total. The minimum absolute atomic E-state index is 0.0899. The fourth-order valence-electron chi connectivity index (χ4n) is 3.81. The van der Waals surface area contributed by atoms with Gasteiger partial charge in [0, 0.05) is 30.8 Å². The van der Waals surface area contributed by atoms with Crippen molar-refractivity contribution in [3.63, 3.8) is 0 Å². The lowest BCUT2D eigenvalue weighted by atomic mass is 10.1. The van der Waals surface area contributed by atoms with Crippen LogP contribution in [0.3, 0.4) is 0 Å². The molecule has 0 saturated carbocycles. The van der Waals surface area contributed by atoms with Crippen molar-refractivity contribution in [1.82, 2.24) is 30.3 Å². The van der Waals surface area contributed by atoms with Crippen LogP contribution >= 0.6 is 0 Å².